The minimum absolute atomic E-state index is 0.0194. The highest BCUT2D eigenvalue weighted by molar-refractivity contribution is 5.51. The average molecular weight is 263 g/mol. The van der Waals surface area contributed by atoms with Crippen LogP contribution in [0, 0.1) is 0 Å². The first-order valence-electron chi connectivity index (χ1n) is 5.89. The van der Waals surface area contributed by atoms with Gasteiger partial charge >= 0.3 is 0 Å². The van der Waals surface area contributed by atoms with E-state index >= 15 is 0 Å². The normalized spacial score (nSPS) is 12.2. The molecule has 1 atom stereocenters. The van der Waals surface area contributed by atoms with Gasteiger partial charge in [-0.2, -0.15) is 4.68 Å². The van der Waals surface area contributed by atoms with Crippen LogP contribution < -0.4 is 14.8 Å². The molecule has 7 heteroatoms. The van der Waals surface area contributed by atoms with Crippen LogP contribution in [0.3, 0.4) is 0 Å². The molecule has 0 aliphatic heterocycles. The molecule has 102 valence electrons. The number of benzene rings is 1. The van der Waals surface area contributed by atoms with Crippen molar-refractivity contribution < 1.29 is 9.47 Å². The topological polar surface area (TPSA) is 74.1 Å². The van der Waals surface area contributed by atoms with Gasteiger partial charge in [-0.15, -0.1) is 5.10 Å². The van der Waals surface area contributed by atoms with Gasteiger partial charge in [-0.05, 0) is 36.5 Å². The molecule has 0 saturated heterocycles. The Kier molecular flexibility index (Phi) is 3.96. The van der Waals surface area contributed by atoms with Gasteiger partial charge in [0, 0.05) is 6.07 Å². The molecule has 0 aliphatic rings. The Balaban J connectivity index is 2.54. The zero-order chi connectivity index (χ0) is 13.8. The van der Waals surface area contributed by atoms with Crippen LogP contribution in [0.2, 0.25) is 0 Å². The molecule has 1 unspecified atom stereocenters. The minimum atomic E-state index is 0.0194. The van der Waals surface area contributed by atoms with Gasteiger partial charge in [0.2, 0.25) is 0 Å². The van der Waals surface area contributed by atoms with E-state index in [1.165, 1.54) is 0 Å². The molecular formula is C12H17N5O2. The summed E-state index contributed by atoms with van der Waals surface area (Å²) in [6, 6.07) is 5.50. The lowest BCUT2D eigenvalue weighted by Gasteiger charge is -2.13. The number of methoxy groups -OCH3 is 2. The fraction of sp³-hybridized carbons (Fsp3) is 0.417. The first-order chi connectivity index (χ1) is 9.21. The lowest BCUT2D eigenvalue weighted by molar-refractivity contribution is 0.399. The summed E-state index contributed by atoms with van der Waals surface area (Å²) in [5, 5.41) is 14.9. The maximum absolute atomic E-state index is 5.34. The highest BCUT2D eigenvalue weighted by Crippen LogP contribution is 2.28. The number of ether oxygens (including phenoxy) is 2. The first-order valence-corrected chi connectivity index (χ1v) is 5.89. The molecule has 0 spiro atoms. The molecule has 1 heterocycles. The summed E-state index contributed by atoms with van der Waals surface area (Å²) in [4.78, 5) is 0. The van der Waals surface area contributed by atoms with Gasteiger partial charge in [-0.25, -0.2) is 0 Å². The molecule has 0 aliphatic carbocycles. The molecule has 2 aromatic rings. The molecule has 7 nitrogen and oxygen atoms in total. The van der Waals surface area contributed by atoms with Crippen molar-refractivity contribution in [2.45, 2.75) is 13.0 Å². The van der Waals surface area contributed by atoms with Crippen LogP contribution >= 0.6 is 0 Å². The van der Waals surface area contributed by atoms with Crippen molar-refractivity contribution in [3.8, 4) is 17.2 Å². The molecule has 0 radical (unpaired) electrons. The molecule has 1 aromatic carbocycles. The Morgan fingerprint density at radius 1 is 1.26 bits per heavy atom. The van der Waals surface area contributed by atoms with Crippen molar-refractivity contribution in [3.63, 3.8) is 0 Å². The second-order valence-corrected chi connectivity index (χ2v) is 4.00. The quantitative estimate of drug-likeness (QED) is 0.866. The fourth-order valence-corrected chi connectivity index (χ4v) is 1.73. The van der Waals surface area contributed by atoms with Crippen molar-refractivity contribution in [1.29, 1.82) is 0 Å². The molecule has 0 fully saturated rings. The predicted molar refractivity (Wildman–Crippen MR) is 69.7 cm³/mol. The third-order valence-electron chi connectivity index (χ3n) is 2.93. The van der Waals surface area contributed by atoms with Crippen LogP contribution in [0.15, 0.2) is 18.2 Å². The van der Waals surface area contributed by atoms with Crippen molar-refractivity contribution >= 4 is 0 Å². The molecule has 0 amide bonds. The smallest absolute Gasteiger partial charge is 0.173 e. The van der Waals surface area contributed by atoms with Crippen molar-refractivity contribution in [2.24, 2.45) is 0 Å². The highest BCUT2D eigenvalue weighted by atomic mass is 16.5. The summed E-state index contributed by atoms with van der Waals surface area (Å²) in [6.45, 7) is 1.98. The Labute approximate surface area is 111 Å². The summed E-state index contributed by atoms with van der Waals surface area (Å²) in [6.07, 6.45) is 0. The molecule has 2 rings (SSSR count). The average Bonchev–Trinajstić information content (AvgIpc) is 2.94. The summed E-state index contributed by atoms with van der Waals surface area (Å²) in [5.74, 6) is 2.10. The Morgan fingerprint density at radius 2 is 2.05 bits per heavy atom. The molecule has 1 N–H and O–H groups in total. The van der Waals surface area contributed by atoms with E-state index < -0.39 is 0 Å². The van der Waals surface area contributed by atoms with E-state index in [-0.39, 0.29) is 6.04 Å². The SMILES string of the molecule is CNC(C)c1nnnn1-c1cc(OC)ccc1OC. The van der Waals surface area contributed by atoms with E-state index in [9.17, 15) is 0 Å². The van der Waals surface area contributed by atoms with Gasteiger partial charge in [-0.3, -0.25) is 0 Å². The number of hydrogen-bond acceptors (Lipinski definition) is 6. The van der Waals surface area contributed by atoms with E-state index in [4.69, 9.17) is 9.47 Å². The third kappa shape index (κ3) is 2.50. The lowest BCUT2D eigenvalue weighted by atomic mass is 10.2. The van der Waals surface area contributed by atoms with E-state index in [2.05, 4.69) is 20.8 Å². The van der Waals surface area contributed by atoms with Gasteiger partial charge < -0.3 is 14.8 Å². The van der Waals surface area contributed by atoms with Gasteiger partial charge in [0.1, 0.15) is 17.2 Å². The van der Waals surface area contributed by atoms with Crippen LogP contribution in [0.5, 0.6) is 11.5 Å². The number of rotatable bonds is 5. The summed E-state index contributed by atoms with van der Waals surface area (Å²) in [7, 11) is 5.08. The standard InChI is InChI=1S/C12H17N5O2/c1-8(13-2)12-14-15-16-17(12)10-7-9(18-3)5-6-11(10)19-4/h5-8,13H,1-4H3. The van der Waals surface area contributed by atoms with Gasteiger partial charge in [0.15, 0.2) is 5.82 Å². The molecule has 0 bridgehead atoms. The van der Waals surface area contributed by atoms with Crippen molar-refractivity contribution in [2.75, 3.05) is 21.3 Å². The van der Waals surface area contributed by atoms with Gasteiger partial charge in [0.25, 0.3) is 0 Å². The minimum Gasteiger partial charge on any atom is -0.497 e. The van der Waals surface area contributed by atoms with E-state index in [1.807, 2.05) is 32.2 Å². The van der Waals surface area contributed by atoms with E-state index in [0.29, 0.717) is 11.6 Å². The number of nitrogens with one attached hydrogen (secondary N) is 1. The zero-order valence-electron chi connectivity index (χ0n) is 11.4. The Hall–Kier alpha value is -2.15. The van der Waals surface area contributed by atoms with Gasteiger partial charge in [-0.1, -0.05) is 0 Å². The number of aromatic nitrogens is 4. The lowest BCUT2D eigenvalue weighted by Crippen LogP contribution is -2.18. The monoisotopic (exact) mass is 263 g/mol. The van der Waals surface area contributed by atoms with Crippen LogP contribution in [0.4, 0.5) is 0 Å². The maximum Gasteiger partial charge on any atom is 0.173 e. The maximum atomic E-state index is 5.34. The number of nitrogens with zero attached hydrogens (tertiary/aromatic N) is 4. The molecule has 1 aromatic heterocycles. The van der Waals surface area contributed by atoms with Crippen molar-refractivity contribution in [3.05, 3.63) is 24.0 Å². The number of tetrazole rings is 1. The summed E-state index contributed by atoms with van der Waals surface area (Å²) in [5.41, 5.74) is 0.740. The molecule has 19 heavy (non-hydrogen) atoms. The van der Waals surface area contributed by atoms with Gasteiger partial charge in [0.05, 0.1) is 20.3 Å². The van der Waals surface area contributed by atoms with Crippen LogP contribution in [0.1, 0.15) is 18.8 Å². The van der Waals surface area contributed by atoms with E-state index in [0.717, 1.165) is 11.4 Å². The highest BCUT2D eigenvalue weighted by Gasteiger charge is 2.17. The van der Waals surface area contributed by atoms with Crippen molar-refractivity contribution in [1.82, 2.24) is 25.5 Å². The summed E-state index contributed by atoms with van der Waals surface area (Å²) >= 11 is 0. The zero-order valence-corrected chi connectivity index (χ0v) is 11.4. The molecule has 0 saturated carbocycles. The Bertz CT molecular complexity index is 555. The molecular weight excluding hydrogens is 246 g/mol. The largest absolute Gasteiger partial charge is 0.497 e. The second kappa shape index (κ2) is 5.66. The summed E-state index contributed by atoms with van der Waals surface area (Å²) < 4.78 is 12.2. The van der Waals surface area contributed by atoms with Crippen LogP contribution in [-0.2, 0) is 0 Å². The second-order valence-electron chi connectivity index (χ2n) is 4.00. The van der Waals surface area contributed by atoms with E-state index in [1.54, 1.807) is 18.9 Å². The van der Waals surface area contributed by atoms with Crippen LogP contribution in [0.25, 0.3) is 5.69 Å². The van der Waals surface area contributed by atoms with Crippen LogP contribution in [-0.4, -0.2) is 41.5 Å². The fourth-order valence-electron chi connectivity index (χ4n) is 1.73. The number of hydrogen-bond donors (Lipinski definition) is 1. The Morgan fingerprint density at radius 3 is 2.68 bits per heavy atom. The first kappa shape index (κ1) is 13.3. The third-order valence-corrected chi connectivity index (χ3v) is 2.93. The predicted octanol–water partition coefficient (Wildman–Crippen LogP) is 0.960.